The van der Waals surface area contributed by atoms with Gasteiger partial charge in [-0.05, 0) is 41.8 Å². The quantitative estimate of drug-likeness (QED) is 0.229. The highest BCUT2D eigenvalue weighted by molar-refractivity contribution is 6.37. The van der Waals surface area contributed by atoms with Crippen LogP contribution in [0.3, 0.4) is 0 Å². The van der Waals surface area contributed by atoms with E-state index in [1.54, 1.807) is 12.3 Å². The number of fused-ring (bicyclic) bond motifs is 1. The molecular weight excluding hydrogens is 490 g/mol. The van der Waals surface area contributed by atoms with Crippen molar-refractivity contribution < 1.29 is 23.4 Å². The number of rotatable bonds is 8. The third-order valence-electron chi connectivity index (χ3n) is 5.64. The van der Waals surface area contributed by atoms with Gasteiger partial charge in [-0.3, -0.25) is 4.79 Å². The molecule has 0 radical (unpaired) electrons. The van der Waals surface area contributed by atoms with E-state index in [-0.39, 0.29) is 34.3 Å². The van der Waals surface area contributed by atoms with Crippen LogP contribution in [0.25, 0.3) is 22.3 Å². The number of aromatic amines is 2. The van der Waals surface area contributed by atoms with E-state index < -0.39 is 17.6 Å². The number of hydrogen-bond acceptors (Lipinski definition) is 4. The third kappa shape index (κ3) is 4.92. The highest BCUT2D eigenvalue weighted by Crippen LogP contribution is 2.38. The smallest absolute Gasteiger partial charge is 0.303 e. The molecule has 0 bridgehead atoms. The van der Waals surface area contributed by atoms with E-state index in [2.05, 4.69) is 20.2 Å². The number of aromatic nitrogens is 4. The van der Waals surface area contributed by atoms with E-state index in [9.17, 15) is 13.6 Å². The number of H-pyrrole nitrogens is 2. The zero-order chi connectivity index (χ0) is 25.2. The maximum atomic E-state index is 14.7. The summed E-state index contributed by atoms with van der Waals surface area (Å²) >= 11 is 6.34. The van der Waals surface area contributed by atoms with E-state index in [0.717, 1.165) is 11.1 Å². The topological polar surface area (TPSA) is 104 Å². The fourth-order valence-electron chi connectivity index (χ4n) is 3.91. The lowest BCUT2D eigenvalue weighted by atomic mass is 10.0. The van der Waals surface area contributed by atoms with Gasteiger partial charge in [0.2, 0.25) is 0 Å². The minimum atomic E-state index is -0.858. The largest absolute Gasteiger partial charge is 0.481 e. The molecule has 0 amide bonds. The minimum absolute atomic E-state index is 0.0434. The van der Waals surface area contributed by atoms with Gasteiger partial charge in [0, 0.05) is 30.5 Å². The minimum Gasteiger partial charge on any atom is -0.481 e. The molecule has 7 nitrogen and oxygen atoms in total. The standard InChI is InChI=1S/C26H19ClF2N4O3/c27-24-17-8-9-30-21(17)13-20(29)25(24)36-16-5-6-19(28)18(12-16)26-31-22(32-33-26)11-15-3-1-2-14(10-15)4-7-23(34)35/h1-3,5-6,8-10,12-13,30H,4,7,11H2,(H,34,35)(H,31,32,33). The van der Waals surface area contributed by atoms with Gasteiger partial charge in [0.05, 0.1) is 16.1 Å². The average Bonchev–Trinajstić information content (AvgIpc) is 3.51. The van der Waals surface area contributed by atoms with Crippen molar-refractivity contribution in [2.45, 2.75) is 19.3 Å². The molecule has 0 saturated carbocycles. The Labute approximate surface area is 208 Å². The number of carbonyl (C=O) groups is 1. The summed E-state index contributed by atoms with van der Waals surface area (Å²) < 4.78 is 35.0. The van der Waals surface area contributed by atoms with Crippen molar-refractivity contribution in [1.29, 1.82) is 0 Å². The molecule has 0 spiro atoms. The lowest BCUT2D eigenvalue weighted by Gasteiger charge is -2.11. The van der Waals surface area contributed by atoms with Crippen molar-refractivity contribution in [3.63, 3.8) is 0 Å². The van der Waals surface area contributed by atoms with E-state index in [4.69, 9.17) is 21.4 Å². The van der Waals surface area contributed by atoms with E-state index in [1.807, 2.05) is 24.3 Å². The molecule has 2 heterocycles. The molecule has 36 heavy (non-hydrogen) atoms. The maximum absolute atomic E-state index is 14.7. The number of aryl methyl sites for hydroxylation is 1. The van der Waals surface area contributed by atoms with Crippen LogP contribution in [0, 0.1) is 11.6 Å². The molecular formula is C26H19ClF2N4O3. The number of carboxylic acids is 1. The molecule has 0 saturated heterocycles. The Balaban J connectivity index is 1.37. The Morgan fingerprint density at radius 2 is 1.86 bits per heavy atom. The molecule has 0 aliphatic heterocycles. The van der Waals surface area contributed by atoms with Gasteiger partial charge in [-0.2, -0.15) is 0 Å². The van der Waals surface area contributed by atoms with Gasteiger partial charge < -0.3 is 19.8 Å². The zero-order valence-corrected chi connectivity index (χ0v) is 19.4. The number of benzene rings is 3. The predicted molar refractivity (Wildman–Crippen MR) is 130 cm³/mol. The molecule has 0 fully saturated rings. The highest BCUT2D eigenvalue weighted by Gasteiger charge is 2.18. The lowest BCUT2D eigenvalue weighted by Crippen LogP contribution is -1.98. The van der Waals surface area contributed by atoms with Crippen molar-refractivity contribution in [2.24, 2.45) is 0 Å². The number of ether oxygens (including phenoxy) is 1. The van der Waals surface area contributed by atoms with E-state index in [1.165, 1.54) is 24.3 Å². The second-order valence-corrected chi connectivity index (χ2v) is 8.57. The first-order valence-electron chi connectivity index (χ1n) is 11.0. The van der Waals surface area contributed by atoms with Crippen molar-refractivity contribution in [1.82, 2.24) is 20.2 Å². The fourth-order valence-corrected chi connectivity index (χ4v) is 4.20. The summed E-state index contributed by atoms with van der Waals surface area (Å²) in [7, 11) is 0. The van der Waals surface area contributed by atoms with Crippen molar-refractivity contribution in [2.75, 3.05) is 0 Å². The summed E-state index contributed by atoms with van der Waals surface area (Å²) in [5.74, 6) is -1.39. The van der Waals surface area contributed by atoms with Crippen molar-refractivity contribution in [3.05, 3.63) is 94.4 Å². The lowest BCUT2D eigenvalue weighted by molar-refractivity contribution is -0.136. The molecule has 5 rings (SSSR count). The van der Waals surface area contributed by atoms with Crippen LogP contribution in [0.1, 0.15) is 23.4 Å². The van der Waals surface area contributed by atoms with Gasteiger partial charge in [-0.1, -0.05) is 35.9 Å². The zero-order valence-electron chi connectivity index (χ0n) is 18.7. The summed E-state index contributed by atoms with van der Waals surface area (Å²) in [6.45, 7) is 0. The van der Waals surface area contributed by atoms with Crippen LogP contribution in [-0.4, -0.2) is 31.2 Å². The summed E-state index contributed by atoms with van der Waals surface area (Å²) in [4.78, 5) is 16.7. The third-order valence-corrected chi connectivity index (χ3v) is 6.01. The first-order chi connectivity index (χ1) is 17.4. The Morgan fingerprint density at radius 1 is 1.03 bits per heavy atom. The molecule has 0 aliphatic rings. The van der Waals surface area contributed by atoms with Gasteiger partial charge in [-0.25, -0.2) is 8.78 Å². The number of halogens is 3. The predicted octanol–water partition coefficient (Wildman–Crippen LogP) is 6.28. The summed E-state index contributed by atoms with van der Waals surface area (Å²) in [5.41, 5.74) is 2.43. The molecule has 0 unspecified atom stereocenters. The number of hydrogen-bond donors (Lipinski definition) is 3. The molecule has 0 aliphatic carbocycles. The Bertz CT molecular complexity index is 1580. The summed E-state index contributed by atoms with van der Waals surface area (Å²) in [6.07, 6.45) is 2.50. The first kappa shape index (κ1) is 23.5. The first-order valence-corrected chi connectivity index (χ1v) is 11.4. The van der Waals surface area contributed by atoms with Gasteiger partial charge in [0.15, 0.2) is 17.4 Å². The van der Waals surface area contributed by atoms with Gasteiger partial charge in [0.25, 0.3) is 0 Å². The number of nitrogens with zero attached hydrogens (tertiary/aromatic N) is 2. The van der Waals surface area contributed by atoms with Gasteiger partial charge >= 0.3 is 5.97 Å². The van der Waals surface area contributed by atoms with Crippen LogP contribution >= 0.6 is 11.6 Å². The fraction of sp³-hybridized carbons (Fsp3) is 0.115. The SMILES string of the molecule is O=C(O)CCc1cccc(Cc2nnc(-c3cc(Oc4c(F)cc5[nH]ccc5c4Cl)ccc3F)[nH]2)c1. The maximum Gasteiger partial charge on any atom is 0.303 e. The van der Waals surface area contributed by atoms with E-state index >= 15 is 0 Å². The average molecular weight is 509 g/mol. The normalized spacial score (nSPS) is 11.2. The molecule has 5 aromatic rings. The van der Waals surface area contributed by atoms with Gasteiger partial charge in [0.1, 0.15) is 17.4 Å². The molecule has 182 valence electrons. The van der Waals surface area contributed by atoms with Crippen LogP contribution in [0.15, 0.2) is 60.8 Å². The van der Waals surface area contributed by atoms with Crippen molar-refractivity contribution in [3.8, 4) is 22.9 Å². The summed E-state index contributed by atoms with van der Waals surface area (Å²) in [5, 5.41) is 17.8. The summed E-state index contributed by atoms with van der Waals surface area (Å²) in [6, 6.07) is 14.4. The molecule has 0 atom stereocenters. The van der Waals surface area contributed by atoms with Crippen LogP contribution in [-0.2, 0) is 17.6 Å². The monoisotopic (exact) mass is 508 g/mol. The number of aliphatic carboxylic acids is 1. The second kappa shape index (κ2) is 9.79. The van der Waals surface area contributed by atoms with Crippen LogP contribution in [0.4, 0.5) is 8.78 Å². The highest BCUT2D eigenvalue weighted by atomic mass is 35.5. The van der Waals surface area contributed by atoms with E-state index in [0.29, 0.717) is 29.6 Å². The molecule has 2 aromatic heterocycles. The Hall–Kier alpha value is -4.24. The Kier molecular flexibility index (Phi) is 6.39. The molecule has 3 N–H and O–H groups in total. The Morgan fingerprint density at radius 3 is 2.69 bits per heavy atom. The van der Waals surface area contributed by atoms with Crippen LogP contribution < -0.4 is 4.74 Å². The molecule has 10 heteroatoms. The van der Waals surface area contributed by atoms with Crippen LogP contribution in [0.5, 0.6) is 11.5 Å². The number of nitrogens with one attached hydrogen (secondary N) is 2. The number of carboxylic acid groups (broad SMARTS) is 1. The van der Waals surface area contributed by atoms with Gasteiger partial charge in [-0.15, -0.1) is 10.2 Å². The second-order valence-electron chi connectivity index (χ2n) is 8.19. The van der Waals surface area contributed by atoms with Crippen molar-refractivity contribution >= 4 is 28.5 Å². The molecule has 3 aromatic carbocycles. The van der Waals surface area contributed by atoms with Crippen LogP contribution in [0.2, 0.25) is 5.02 Å².